The molecule has 0 fully saturated rings. The summed E-state index contributed by atoms with van der Waals surface area (Å²) in [6, 6.07) is 2.17. The fourth-order valence-corrected chi connectivity index (χ4v) is 1.14. The number of carbonyl (C=O) groups excluding carboxylic acids is 1. The van der Waals surface area contributed by atoms with E-state index >= 15 is 0 Å². The van der Waals surface area contributed by atoms with Crippen LogP contribution in [0, 0.1) is 11.6 Å². The molecule has 0 saturated heterocycles. The lowest BCUT2D eigenvalue weighted by Crippen LogP contribution is -1.96. The fourth-order valence-electron chi connectivity index (χ4n) is 0.707. The Kier molecular flexibility index (Phi) is 2.75. The second-order valence-corrected chi connectivity index (χ2v) is 2.87. The summed E-state index contributed by atoms with van der Waals surface area (Å²) in [5, 5.41) is 2.20. The number of hydrogen-bond donors (Lipinski definition) is 1. The zero-order valence-electron chi connectivity index (χ0n) is 5.77. The molecule has 0 aliphatic carbocycles. The lowest BCUT2D eigenvalue weighted by atomic mass is 10.3. The Hall–Kier alpha value is -0.970. The van der Waals surface area contributed by atoms with Crippen molar-refractivity contribution in [3.8, 4) is 0 Å². The van der Waals surface area contributed by atoms with Crippen molar-refractivity contribution in [3.63, 3.8) is 0 Å². The predicted octanol–water partition coefficient (Wildman–Crippen LogP) is 2.30. The molecule has 1 aromatic carbocycles. The zero-order valence-corrected chi connectivity index (χ0v) is 7.36. The minimum atomic E-state index is -1.01. The van der Waals surface area contributed by atoms with E-state index in [9.17, 15) is 13.6 Å². The molecule has 0 saturated carbocycles. The minimum Gasteiger partial charge on any atom is -0.329 e. The Balaban J connectivity index is 3.11. The van der Waals surface area contributed by atoms with Gasteiger partial charge in [-0.05, 0) is 22.0 Å². The van der Waals surface area contributed by atoms with E-state index in [1.54, 1.807) is 0 Å². The van der Waals surface area contributed by atoms with Crippen molar-refractivity contribution in [2.45, 2.75) is 0 Å². The molecule has 5 heteroatoms. The van der Waals surface area contributed by atoms with Gasteiger partial charge in [0.05, 0.1) is 4.47 Å². The van der Waals surface area contributed by atoms with Crippen LogP contribution < -0.4 is 5.32 Å². The number of anilines is 1. The summed E-state index contributed by atoms with van der Waals surface area (Å²) in [7, 11) is 0. The smallest absolute Gasteiger partial charge is 0.211 e. The van der Waals surface area contributed by atoms with Gasteiger partial charge in [0.1, 0.15) is 0 Å². The highest BCUT2D eigenvalue weighted by Crippen LogP contribution is 2.22. The maximum absolute atomic E-state index is 12.6. The number of rotatable bonds is 2. The van der Waals surface area contributed by atoms with Crippen LogP contribution in [-0.2, 0) is 4.79 Å². The van der Waals surface area contributed by atoms with Gasteiger partial charge in [0.25, 0.3) is 0 Å². The number of hydrogen-bond acceptors (Lipinski definition) is 1. The standard InChI is InChI=1S/C7H4BrF2NO/c8-5-1-4(11-3-12)2-6(9)7(5)10/h1-3H,(H,11,12). The molecule has 0 radical (unpaired) electrons. The molecule has 0 aliphatic rings. The minimum absolute atomic E-state index is 0.0214. The zero-order chi connectivity index (χ0) is 9.14. The van der Waals surface area contributed by atoms with Gasteiger partial charge in [0.2, 0.25) is 6.41 Å². The van der Waals surface area contributed by atoms with Crippen LogP contribution in [0.5, 0.6) is 0 Å². The van der Waals surface area contributed by atoms with E-state index in [0.717, 1.165) is 6.07 Å². The lowest BCUT2D eigenvalue weighted by Gasteiger charge is -2.01. The Morgan fingerprint density at radius 3 is 2.58 bits per heavy atom. The monoisotopic (exact) mass is 235 g/mol. The predicted molar refractivity (Wildman–Crippen MR) is 43.7 cm³/mol. The lowest BCUT2D eigenvalue weighted by molar-refractivity contribution is -0.105. The van der Waals surface area contributed by atoms with Crippen molar-refractivity contribution in [1.82, 2.24) is 0 Å². The molecule has 0 aliphatic heterocycles. The summed E-state index contributed by atoms with van der Waals surface area (Å²) in [5.41, 5.74) is 0.204. The number of halogens is 3. The second-order valence-electron chi connectivity index (χ2n) is 2.02. The topological polar surface area (TPSA) is 29.1 Å². The van der Waals surface area contributed by atoms with Gasteiger partial charge < -0.3 is 5.32 Å². The van der Waals surface area contributed by atoms with Gasteiger partial charge in [-0.1, -0.05) is 0 Å². The first-order valence-corrected chi connectivity index (χ1v) is 3.79. The van der Waals surface area contributed by atoms with Crippen LogP contribution in [0.4, 0.5) is 14.5 Å². The molecule has 1 N–H and O–H groups in total. The quantitative estimate of drug-likeness (QED) is 0.619. The molecule has 0 heterocycles. The Morgan fingerprint density at radius 2 is 2.08 bits per heavy atom. The van der Waals surface area contributed by atoms with E-state index in [2.05, 4.69) is 21.2 Å². The van der Waals surface area contributed by atoms with Gasteiger partial charge in [-0.25, -0.2) is 8.78 Å². The summed E-state index contributed by atoms with van der Waals surface area (Å²) in [4.78, 5) is 9.94. The van der Waals surface area contributed by atoms with E-state index in [4.69, 9.17) is 0 Å². The van der Waals surface area contributed by atoms with Crippen LogP contribution in [0.15, 0.2) is 16.6 Å². The van der Waals surface area contributed by atoms with Crippen molar-refractivity contribution in [3.05, 3.63) is 28.2 Å². The maximum atomic E-state index is 12.6. The van der Waals surface area contributed by atoms with Crippen molar-refractivity contribution in [2.24, 2.45) is 0 Å². The summed E-state index contributed by atoms with van der Waals surface area (Å²) < 4.78 is 25.2. The molecule has 64 valence electrons. The van der Waals surface area contributed by atoms with E-state index in [1.165, 1.54) is 6.07 Å². The Morgan fingerprint density at radius 1 is 1.42 bits per heavy atom. The Bertz CT molecular complexity index is 293. The van der Waals surface area contributed by atoms with Gasteiger partial charge in [0.15, 0.2) is 11.6 Å². The fraction of sp³-hybridized carbons (Fsp3) is 0. The molecule has 1 aromatic rings. The van der Waals surface area contributed by atoms with Crippen LogP contribution in [-0.4, -0.2) is 6.41 Å². The van der Waals surface area contributed by atoms with E-state index in [0.29, 0.717) is 6.41 Å². The number of amides is 1. The molecule has 1 amide bonds. The van der Waals surface area contributed by atoms with Crippen molar-refractivity contribution < 1.29 is 13.6 Å². The number of carbonyl (C=O) groups is 1. The third-order valence-electron chi connectivity index (χ3n) is 1.21. The van der Waals surface area contributed by atoms with E-state index < -0.39 is 11.6 Å². The van der Waals surface area contributed by atoms with Crippen molar-refractivity contribution >= 4 is 28.0 Å². The average molecular weight is 236 g/mol. The highest BCUT2D eigenvalue weighted by molar-refractivity contribution is 9.10. The van der Waals surface area contributed by atoms with Crippen LogP contribution in [0.3, 0.4) is 0 Å². The summed E-state index contributed by atoms with van der Waals surface area (Å²) in [5.74, 6) is -1.97. The largest absolute Gasteiger partial charge is 0.329 e. The van der Waals surface area contributed by atoms with Crippen molar-refractivity contribution in [2.75, 3.05) is 5.32 Å². The van der Waals surface area contributed by atoms with Crippen LogP contribution in [0.1, 0.15) is 0 Å². The molecule has 0 atom stereocenters. The highest BCUT2D eigenvalue weighted by Gasteiger charge is 2.07. The highest BCUT2D eigenvalue weighted by atomic mass is 79.9. The second kappa shape index (κ2) is 3.62. The maximum Gasteiger partial charge on any atom is 0.211 e. The van der Waals surface area contributed by atoms with Gasteiger partial charge in [-0.3, -0.25) is 4.79 Å². The van der Waals surface area contributed by atoms with Gasteiger partial charge >= 0.3 is 0 Å². The summed E-state index contributed by atoms with van der Waals surface area (Å²) in [6.45, 7) is 0. The molecule has 0 bridgehead atoms. The normalized spacial score (nSPS) is 9.58. The third kappa shape index (κ3) is 1.79. The number of nitrogens with one attached hydrogen (secondary N) is 1. The van der Waals surface area contributed by atoms with E-state index in [-0.39, 0.29) is 10.2 Å². The van der Waals surface area contributed by atoms with Crippen LogP contribution >= 0.6 is 15.9 Å². The first-order chi connectivity index (χ1) is 5.65. The molecule has 1 rings (SSSR count). The van der Waals surface area contributed by atoms with Crippen molar-refractivity contribution in [1.29, 1.82) is 0 Å². The van der Waals surface area contributed by atoms with E-state index in [1.807, 2.05) is 0 Å². The summed E-state index contributed by atoms with van der Waals surface area (Å²) >= 11 is 2.80. The number of benzene rings is 1. The van der Waals surface area contributed by atoms with Gasteiger partial charge in [0, 0.05) is 11.8 Å². The SMILES string of the molecule is O=CNc1cc(F)c(F)c(Br)c1. The Labute approximate surface area is 75.7 Å². The molecule has 0 aromatic heterocycles. The third-order valence-corrected chi connectivity index (χ3v) is 1.79. The molecular weight excluding hydrogens is 232 g/mol. The first-order valence-electron chi connectivity index (χ1n) is 3.00. The molecule has 0 spiro atoms. The van der Waals surface area contributed by atoms with Gasteiger partial charge in [-0.2, -0.15) is 0 Å². The van der Waals surface area contributed by atoms with Gasteiger partial charge in [-0.15, -0.1) is 0 Å². The average Bonchev–Trinajstić information content (AvgIpc) is 2.01. The molecule has 2 nitrogen and oxygen atoms in total. The molecule has 0 unspecified atom stereocenters. The molecule has 12 heavy (non-hydrogen) atoms. The molecular formula is C7H4BrF2NO. The van der Waals surface area contributed by atoms with Crippen LogP contribution in [0.25, 0.3) is 0 Å². The van der Waals surface area contributed by atoms with Crippen LogP contribution in [0.2, 0.25) is 0 Å². The summed E-state index contributed by atoms with van der Waals surface area (Å²) in [6.07, 6.45) is 0.388. The first kappa shape index (κ1) is 9.12.